The van der Waals surface area contributed by atoms with Gasteiger partial charge in [0.15, 0.2) is 0 Å². The molecular formula is C17H18N2O3S. The minimum absolute atomic E-state index is 0.0158. The molecule has 0 fully saturated rings. The van der Waals surface area contributed by atoms with Gasteiger partial charge in [0.1, 0.15) is 0 Å². The highest BCUT2D eigenvalue weighted by molar-refractivity contribution is 7.14. The van der Waals surface area contributed by atoms with Gasteiger partial charge in [-0.2, -0.15) is 0 Å². The standard InChI is InChI=1S/C17H18N2O3S/c1-10-6-7-15-12(8-10)9-16(23-15)17(20)18-13-4-3-5-14(11(13)2)19(21)22/h3-5,9-10H,6-8H2,1-2H3,(H,18,20). The van der Waals surface area contributed by atoms with E-state index in [2.05, 4.69) is 12.2 Å². The van der Waals surface area contributed by atoms with Crippen LogP contribution in [0, 0.1) is 23.0 Å². The molecule has 1 N–H and O–H groups in total. The lowest BCUT2D eigenvalue weighted by molar-refractivity contribution is -0.385. The second kappa shape index (κ2) is 6.12. The molecular weight excluding hydrogens is 312 g/mol. The number of nitro benzene ring substituents is 1. The lowest BCUT2D eigenvalue weighted by Gasteiger charge is -2.16. The molecule has 1 heterocycles. The number of hydrogen-bond acceptors (Lipinski definition) is 4. The molecule has 120 valence electrons. The number of carbonyl (C=O) groups is 1. The third-order valence-electron chi connectivity index (χ3n) is 4.30. The first kappa shape index (κ1) is 15.7. The molecule has 0 bridgehead atoms. The zero-order valence-corrected chi connectivity index (χ0v) is 13.9. The summed E-state index contributed by atoms with van der Waals surface area (Å²) in [6.07, 6.45) is 3.22. The average molecular weight is 330 g/mol. The van der Waals surface area contributed by atoms with Gasteiger partial charge in [-0.1, -0.05) is 13.0 Å². The van der Waals surface area contributed by atoms with Crippen LogP contribution in [0.25, 0.3) is 0 Å². The lowest BCUT2D eigenvalue weighted by atomic mass is 9.90. The Bertz CT molecular complexity index is 782. The Morgan fingerprint density at radius 3 is 2.96 bits per heavy atom. The van der Waals surface area contributed by atoms with E-state index in [1.54, 1.807) is 19.1 Å². The highest BCUT2D eigenvalue weighted by atomic mass is 32.1. The van der Waals surface area contributed by atoms with Crippen molar-refractivity contribution in [2.45, 2.75) is 33.1 Å². The first-order chi connectivity index (χ1) is 11.0. The number of nitro groups is 1. The van der Waals surface area contributed by atoms with E-state index < -0.39 is 4.92 Å². The van der Waals surface area contributed by atoms with Crippen molar-refractivity contribution in [1.29, 1.82) is 0 Å². The van der Waals surface area contributed by atoms with Gasteiger partial charge in [-0.15, -0.1) is 11.3 Å². The molecule has 23 heavy (non-hydrogen) atoms. The Hall–Kier alpha value is -2.21. The Morgan fingerprint density at radius 2 is 2.22 bits per heavy atom. The SMILES string of the molecule is Cc1c(NC(=O)c2cc3c(s2)CCC(C)C3)cccc1[N+](=O)[O-]. The van der Waals surface area contributed by atoms with Crippen molar-refractivity contribution in [3.63, 3.8) is 0 Å². The summed E-state index contributed by atoms with van der Waals surface area (Å²) in [6, 6.07) is 6.69. The van der Waals surface area contributed by atoms with Gasteiger partial charge in [0.2, 0.25) is 0 Å². The fourth-order valence-corrected chi connectivity index (χ4v) is 4.06. The van der Waals surface area contributed by atoms with Crippen molar-refractivity contribution >= 4 is 28.6 Å². The van der Waals surface area contributed by atoms with Crippen LogP contribution in [0.5, 0.6) is 0 Å². The molecule has 1 atom stereocenters. The third kappa shape index (κ3) is 3.12. The zero-order valence-electron chi connectivity index (χ0n) is 13.1. The fourth-order valence-electron chi connectivity index (χ4n) is 2.96. The highest BCUT2D eigenvalue weighted by Crippen LogP contribution is 2.33. The number of fused-ring (bicyclic) bond motifs is 1. The van der Waals surface area contributed by atoms with E-state index >= 15 is 0 Å². The molecule has 1 aromatic carbocycles. The largest absolute Gasteiger partial charge is 0.321 e. The minimum atomic E-state index is -0.434. The molecule has 1 unspecified atom stereocenters. The Kier molecular flexibility index (Phi) is 4.17. The van der Waals surface area contributed by atoms with Crippen LogP contribution < -0.4 is 5.32 Å². The molecule has 0 spiro atoms. The van der Waals surface area contributed by atoms with Crippen molar-refractivity contribution in [3.05, 3.63) is 55.3 Å². The number of hydrogen-bond donors (Lipinski definition) is 1. The zero-order chi connectivity index (χ0) is 16.6. The van der Waals surface area contributed by atoms with Crippen LogP contribution in [0.4, 0.5) is 11.4 Å². The Balaban J connectivity index is 1.83. The lowest BCUT2D eigenvalue weighted by Crippen LogP contribution is -2.11. The van der Waals surface area contributed by atoms with Gasteiger partial charge in [-0.25, -0.2) is 0 Å². The van der Waals surface area contributed by atoms with E-state index in [1.807, 2.05) is 6.07 Å². The van der Waals surface area contributed by atoms with Crippen molar-refractivity contribution in [2.24, 2.45) is 5.92 Å². The van der Waals surface area contributed by atoms with Crippen molar-refractivity contribution in [3.8, 4) is 0 Å². The maximum atomic E-state index is 12.5. The second-order valence-electron chi connectivity index (χ2n) is 6.07. The van der Waals surface area contributed by atoms with Crippen LogP contribution in [0.15, 0.2) is 24.3 Å². The van der Waals surface area contributed by atoms with Gasteiger partial charge in [0, 0.05) is 10.9 Å². The van der Waals surface area contributed by atoms with Gasteiger partial charge in [0.25, 0.3) is 11.6 Å². The molecule has 5 nitrogen and oxygen atoms in total. The molecule has 1 aliphatic carbocycles. The number of carbonyl (C=O) groups excluding carboxylic acids is 1. The molecule has 6 heteroatoms. The van der Waals surface area contributed by atoms with E-state index in [0.717, 1.165) is 12.8 Å². The smallest absolute Gasteiger partial charge is 0.274 e. The van der Waals surface area contributed by atoms with Gasteiger partial charge in [-0.3, -0.25) is 14.9 Å². The molecule has 3 rings (SSSR count). The normalized spacial score (nSPS) is 16.7. The Morgan fingerprint density at radius 1 is 1.43 bits per heavy atom. The van der Waals surface area contributed by atoms with Gasteiger partial charge in [0.05, 0.1) is 21.1 Å². The average Bonchev–Trinajstić information content (AvgIpc) is 2.92. The fraction of sp³-hybridized carbons (Fsp3) is 0.353. The predicted molar refractivity (Wildman–Crippen MR) is 91.3 cm³/mol. The maximum Gasteiger partial charge on any atom is 0.274 e. The summed E-state index contributed by atoms with van der Waals surface area (Å²) in [6.45, 7) is 3.88. The minimum Gasteiger partial charge on any atom is -0.321 e. The first-order valence-electron chi connectivity index (χ1n) is 7.62. The molecule has 2 aromatic rings. The number of benzene rings is 1. The summed E-state index contributed by atoms with van der Waals surface area (Å²) in [4.78, 5) is 25.0. The van der Waals surface area contributed by atoms with Crippen molar-refractivity contribution in [2.75, 3.05) is 5.32 Å². The molecule has 0 saturated carbocycles. The van der Waals surface area contributed by atoms with Gasteiger partial charge >= 0.3 is 0 Å². The topological polar surface area (TPSA) is 72.2 Å². The van der Waals surface area contributed by atoms with Crippen LogP contribution in [0.2, 0.25) is 0 Å². The summed E-state index contributed by atoms with van der Waals surface area (Å²) >= 11 is 1.54. The van der Waals surface area contributed by atoms with Gasteiger partial charge < -0.3 is 5.32 Å². The maximum absolute atomic E-state index is 12.5. The first-order valence-corrected chi connectivity index (χ1v) is 8.44. The molecule has 1 amide bonds. The summed E-state index contributed by atoms with van der Waals surface area (Å²) in [5, 5.41) is 13.8. The molecule has 0 saturated heterocycles. The van der Waals surface area contributed by atoms with Crippen molar-refractivity contribution in [1.82, 2.24) is 0 Å². The Labute approximate surface area is 138 Å². The summed E-state index contributed by atoms with van der Waals surface area (Å²) in [7, 11) is 0. The second-order valence-corrected chi connectivity index (χ2v) is 7.20. The van der Waals surface area contributed by atoms with Crippen LogP contribution >= 0.6 is 11.3 Å². The monoisotopic (exact) mass is 330 g/mol. The number of thiophene rings is 1. The molecule has 1 aliphatic rings. The predicted octanol–water partition coefficient (Wildman–Crippen LogP) is 4.34. The summed E-state index contributed by atoms with van der Waals surface area (Å²) < 4.78 is 0. The molecule has 1 aromatic heterocycles. The number of nitrogens with zero attached hydrogens (tertiary/aromatic N) is 1. The number of anilines is 1. The van der Waals surface area contributed by atoms with E-state index in [0.29, 0.717) is 22.0 Å². The number of nitrogens with one attached hydrogen (secondary N) is 1. The van der Waals surface area contributed by atoms with E-state index in [4.69, 9.17) is 0 Å². The number of aryl methyl sites for hydroxylation is 1. The van der Waals surface area contributed by atoms with Crippen LogP contribution in [0.1, 0.15) is 39.0 Å². The third-order valence-corrected chi connectivity index (χ3v) is 5.54. The van der Waals surface area contributed by atoms with Gasteiger partial charge in [-0.05, 0) is 49.8 Å². The quantitative estimate of drug-likeness (QED) is 0.672. The summed E-state index contributed by atoms with van der Waals surface area (Å²) in [5.41, 5.74) is 2.25. The van der Waals surface area contributed by atoms with E-state index in [9.17, 15) is 14.9 Å². The van der Waals surface area contributed by atoms with E-state index in [-0.39, 0.29) is 11.6 Å². The van der Waals surface area contributed by atoms with Crippen LogP contribution in [0.3, 0.4) is 0 Å². The molecule has 0 radical (unpaired) electrons. The number of amides is 1. The van der Waals surface area contributed by atoms with E-state index in [1.165, 1.54) is 34.3 Å². The molecule has 0 aliphatic heterocycles. The van der Waals surface area contributed by atoms with Crippen LogP contribution in [-0.2, 0) is 12.8 Å². The summed E-state index contributed by atoms with van der Waals surface area (Å²) in [5.74, 6) is 0.465. The highest BCUT2D eigenvalue weighted by Gasteiger charge is 2.21. The number of rotatable bonds is 3. The van der Waals surface area contributed by atoms with Crippen LogP contribution in [-0.4, -0.2) is 10.8 Å². The van der Waals surface area contributed by atoms with Crippen molar-refractivity contribution < 1.29 is 9.72 Å².